The molecule has 0 unspecified atom stereocenters. The highest BCUT2D eigenvalue weighted by Gasteiger charge is 2.31. The normalized spacial score (nSPS) is 12.4. The van der Waals surface area contributed by atoms with Crippen LogP contribution in [0.3, 0.4) is 0 Å². The highest BCUT2D eigenvalue weighted by atomic mass is 32.2. The molecule has 0 saturated carbocycles. The van der Waals surface area contributed by atoms with Crippen molar-refractivity contribution in [1.82, 2.24) is 4.31 Å². The van der Waals surface area contributed by atoms with Crippen LogP contribution in [0.25, 0.3) is 0 Å². The van der Waals surface area contributed by atoms with E-state index < -0.39 is 41.5 Å². The van der Waals surface area contributed by atoms with Crippen LogP contribution in [0.1, 0.15) is 37.5 Å². The summed E-state index contributed by atoms with van der Waals surface area (Å²) in [5.41, 5.74) is 3.08. The van der Waals surface area contributed by atoms with Gasteiger partial charge in [0.05, 0.1) is 16.1 Å². The van der Waals surface area contributed by atoms with Crippen molar-refractivity contribution in [2.24, 2.45) is 0 Å². The number of amides is 1. The number of sulfonamides is 1. The van der Waals surface area contributed by atoms with E-state index in [4.69, 9.17) is 4.74 Å². The quantitative estimate of drug-likeness (QED) is 0.366. The number of ether oxygens (including phenoxy) is 1. The van der Waals surface area contributed by atoms with Crippen LogP contribution in [0.2, 0.25) is 19.6 Å². The van der Waals surface area contributed by atoms with Crippen molar-refractivity contribution in [2.45, 2.75) is 63.6 Å². The second kappa shape index (κ2) is 10.6. The largest absolute Gasteiger partial charge is 0.443 e. The number of nitrogens with zero attached hydrogens (tertiary/aromatic N) is 1. The van der Waals surface area contributed by atoms with Crippen LogP contribution in [-0.2, 0) is 27.5 Å². The van der Waals surface area contributed by atoms with E-state index in [1.54, 1.807) is 20.8 Å². The maximum Gasteiger partial charge on any atom is 0.424 e. The van der Waals surface area contributed by atoms with Crippen LogP contribution in [0, 0.1) is 11.5 Å². The van der Waals surface area contributed by atoms with Crippen molar-refractivity contribution in [2.75, 3.05) is 12.4 Å². The zero-order valence-electron chi connectivity index (χ0n) is 21.4. The monoisotopic (exact) mass is 540 g/mol. The second-order valence-electron chi connectivity index (χ2n) is 10.2. The number of hydrogen-bond acceptors (Lipinski definition) is 5. The van der Waals surface area contributed by atoms with E-state index in [0.717, 1.165) is 19.2 Å². The molecule has 0 fully saturated rings. The van der Waals surface area contributed by atoms with Crippen molar-refractivity contribution in [3.8, 4) is 11.5 Å². The number of halogens is 3. The molecule has 1 amide bonds. The number of rotatable bonds is 5. The molecule has 36 heavy (non-hydrogen) atoms. The summed E-state index contributed by atoms with van der Waals surface area (Å²) in [5.74, 6) is 3.04. The molecule has 0 aliphatic carbocycles. The molecule has 2 aromatic rings. The molecule has 1 N–H and O–H groups in total. The van der Waals surface area contributed by atoms with E-state index in [2.05, 4.69) is 16.8 Å². The van der Waals surface area contributed by atoms with Gasteiger partial charge in [-0.3, -0.25) is 0 Å². The standard InChI is InChI=1S/C25H31F3N2O4SSi/c1-24(2,3)34-23(31)30(4)35(32,33)21-12-13-22(19(16-21)14-15-36(5,6)7)29-17-18-8-10-20(11-9-18)25(26,27)28/h8-13,16,29H,17H2,1-7H3. The summed E-state index contributed by atoms with van der Waals surface area (Å²) in [7, 11) is -4.94. The van der Waals surface area contributed by atoms with Crippen LogP contribution in [0.15, 0.2) is 47.4 Å². The molecule has 0 heterocycles. The third-order valence-corrected chi connectivity index (χ3v) is 7.23. The first-order valence-electron chi connectivity index (χ1n) is 11.1. The Morgan fingerprint density at radius 3 is 2.14 bits per heavy atom. The predicted octanol–water partition coefficient (Wildman–Crippen LogP) is 6.10. The van der Waals surface area contributed by atoms with E-state index in [0.29, 0.717) is 21.1 Å². The Morgan fingerprint density at radius 1 is 1.06 bits per heavy atom. The van der Waals surface area contributed by atoms with Gasteiger partial charge in [-0.2, -0.15) is 13.2 Å². The van der Waals surface area contributed by atoms with Crippen LogP contribution in [0.5, 0.6) is 0 Å². The van der Waals surface area contributed by atoms with Gasteiger partial charge in [0, 0.05) is 19.2 Å². The van der Waals surface area contributed by atoms with E-state index in [9.17, 15) is 26.4 Å². The van der Waals surface area contributed by atoms with Gasteiger partial charge in [0.25, 0.3) is 10.0 Å². The Balaban J connectivity index is 2.39. The van der Waals surface area contributed by atoms with Crippen molar-refractivity contribution >= 4 is 29.9 Å². The van der Waals surface area contributed by atoms with Crippen LogP contribution >= 0.6 is 0 Å². The molecule has 6 nitrogen and oxygen atoms in total. The molecule has 0 atom stereocenters. The summed E-state index contributed by atoms with van der Waals surface area (Å²) in [6.07, 6.45) is -5.43. The average Bonchev–Trinajstić information content (AvgIpc) is 2.73. The summed E-state index contributed by atoms with van der Waals surface area (Å²) < 4.78 is 70.3. The topological polar surface area (TPSA) is 75.7 Å². The molecule has 0 aliphatic rings. The van der Waals surface area contributed by atoms with Gasteiger partial charge in [0.15, 0.2) is 0 Å². The van der Waals surface area contributed by atoms with Gasteiger partial charge >= 0.3 is 12.3 Å². The first-order valence-corrected chi connectivity index (χ1v) is 16.0. The van der Waals surface area contributed by atoms with Crippen LogP contribution in [0.4, 0.5) is 23.7 Å². The van der Waals surface area contributed by atoms with Crippen molar-refractivity contribution in [1.29, 1.82) is 0 Å². The van der Waals surface area contributed by atoms with Crippen LogP contribution < -0.4 is 5.32 Å². The van der Waals surface area contributed by atoms with E-state index in [1.165, 1.54) is 30.3 Å². The average molecular weight is 541 g/mol. The number of benzene rings is 2. The molecule has 2 aromatic carbocycles. The Kier molecular flexibility index (Phi) is 8.58. The maximum atomic E-state index is 13.1. The van der Waals surface area contributed by atoms with E-state index >= 15 is 0 Å². The van der Waals surface area contributed by atoms with E-state index in [-0.39, 0.29) is 11.4 Å². The number of hydrogen-bond donors (Lipinski definition) is 1. The molecule has 0 radical (unpaired) electrons. The van der Waals surface area contributed by atoms with Gasteiger partial charge in [-0.1, -0.05) is 37.7 Å². The number of nitrogens with one attached hydrogen (secondary N) is 1. The zero-order chi connectivity index (χ0) is 27.5. The van der Waals surface area contributed by atoms with Gasteiger partial charge in [-0.25, -0.2) is 17.5 Å². The Hall–Kier alpha value is -2.97. The first-order chi connectivity index (χ1) is 16.3. The van der Waals surface area contributed by atoms with Crippen LogP contribution in [-0.4, -0.2) is 39.5 Å². The molecule has 0 aromatic heterocycles. The van der Waals surface area contributed by atoms with Crippen molar-refractivity contribution in [3.05, 3.63) is 59.2 Å². The van der Waals surface area contributed by atoms with Crippen molar-refractivity contribution < 1.29 is 31.1 Å². The third kappa shape index (κ3) is 8.31. The SMILES string of the molecule is CN(C(=O)OC(C)(C)C)S(=O)(=O)c1ccc(NCc2ccc(C(F)(F)F)cc2)c(C#C[Si](C)(C)C)c1. The Labute approximate surface area is 211 Å². The van der Waals surface area contributed by atoms with Gasteiger partial charge < -0.3 is 10.1 Å². The number of alkyl halides is 3. The summed E-state index contributed by atoms with van der Waals surface area (Å²) in [6.45, 7) is 11.2. The Morgan fingerprint density at radius 2 is 1.64 bits per heavy atom. The first kappa shape index (κ1) is 29.3. The van der Waals surface area contributed by atoms with Crippen molar-refractivity contribution in [3.63, 3.8) is 0 Å². The fourth-order valence-corrected chi connectivity index (χ4v) is 4.35. The molecule has 0 saturated heterocycles. The fraction of sp³-hybridized carbons (Fsp3) is 0.400. The van der Waals surface area contributed by atoms with Gasteiger partial charge in [0.1, 0.15) is 13.7 Å². The molecular formula is C25H31F3N2O4SSi. The minimum Gasteiger partial charge on any atom is -0.443 e. The lowest BCUT2D eigenvalue weighted by Gasteiger charge is -2.24. The summed E-state index contributed by atoms with van der Waals surface area (Å²) in [5, 5.41) is 3.12. The lowest BCUT2D eigenvalue weighted by atomic mass is 10.1. The highest BCUT2D eigenvalue weighted by Crippen LogP contribution is 2.29. The van der Waals surface area contributed by atoms with Gasteiger partial charge in [0.2, 0.25) is 0 Å². The number of carbonyl (C=O) groups excluding carboxylic acids is 1. The molecular weight excluding hydrogens is 509 g/mol. The van der Waals surface area contributed by atoms with Gasteiger partial charge in [-0.05, 0) is 56.7 Å². The zero-order valence-corrected chi connectivity index (χ0v) is 23.2. The number of anilines is 1. The summed E-state index contributed by atoms with van der Waals surface area (Å²) in [6, 6.07) is 8.99. The summed E-state index contributed by atoms with van der Waals surface area (Å²) in [4.78, 5) is 12.2. The molecule has 11 heteroatoms. The number of carbonyl (C=O) groups is 1. The smallest absolute Gasteiger partial charge is 0.424 e. The summed E-state index contributed by atoms with van der Waals surface area (Å²) >= 11 is 0. The molecule has 2 rings (SSSR count). The lowest BCUT2D eigenvalue weighted by Crippen LogP contribution is -2.38. The fourth-order valence-electron chi connectivity index (χ4n) is 2.79. The highest BCUT2D eigenvalue weighted by molar-refractivity contribution is 7.89. The Bertz CT molecular complexity index is 1270. The minimum atomic E-state index is -4.42. The molecule has 196 valence electrons. The lowest BCUT2D eigenvalue weighted by molar-refractivity contribution is -0.137. The maximum absolute atomic E-state index is 13.1. The predicted molar refractivity (Wildman–Crippen MR) is 137 cm³/mol. The van der Waals surface area contributed by atoms with E-state index in [1.807, 2.05) is 19.6 Å². The molecule has 0 bridgehead atoms. The van der Waals surface area contributed by atoms with Gasteiger partial charge in [-0.15, -0.1) is 5.54 Å². The third-order valence-electron chi connectivity index (χ3n) is 4.64. The molecule has 0 spiro atoms. The molecule has 0 aliphatic heterocycles. The second-order valence-corrected chi connectivity index (χ2v) is 16.9. The minimum absolute atomic E-state index is 0.143.